The van der Waals surface area contributed by atoms with Crippen molar-refractivity contribution in [2.24, 2.45) is 0 Å². The molecule has 8 nitrogen and oxygen atoms in total. The summed E-state index contributed by atoms with van der Waals surface area (Å²) >= 11 is 12.1. The second-order valence-electron chi connectivity index (χ2n) is 7.53. The summed E-state index contributed by atoms with van der Waals surface area (Å²) in [4.78, 5) is 28.8. The van der Waals surface area contributed by atoms with Crippen molar-refractivity contribution in [1.29, 1.82) is 0 Å². The van der Waals surface area contributed by atoms with Crippen molar-refractivity contribution in [1.82, 2.24) is 10.3 Å². The number of halogens is 2. The molecule has 0 aliphatic heterocycles. The number of benzene rings is 2. The Morgan fingerprint density at radius 2 is 1.71 bits per heavy atom. The van der Waals surface area contributed by atoms with Crippen LogP contribution in [0.2, 0.25) is 10.0 Å². The molecule has 0 aliphatic rings. The third kappa shape index (κ3) is 7.85. The smallest absolute Gasteiger partial charge is 0.326 e. The molecule has 1 heterocycles. The Balaban J connectivity index is 1.54. The van der Waals surface area contributed by atoms with E-state index in [9.17, 15) is 14.7 Å². The van der Waals surface area contributed by atoms with Crippen LogP contribution in [0, 0.1) is 0 Å². The summed E-state index contributed by atoms with van der Waals surface area (Å²) in [6, 6.07) is 16.2. The number of hydrogen-bond acceptors (Lipinski definition) is 6. The largest absolute Gasteiger partial charge is 0.493 e. The van der Waals surface area contributed by atoms with E-state index in [1.165, 1.54) is 12.1 Å². The number of pyridine rings is 1. The van der Waals surface area contributed by atoms with Crippen LogP contribution in [0.5, 0.6) is 5.75 Å². The van der Waals surface area contributed by atoms with Crippen LogP contribution >= 0.6 is 23.2 Å². The number of nitrogens with one attached hydrogen (secondary N) is 2. The molecule has 0 spiro atoms. The fourth-order valence-corrected chi connectivity index (χ4v) is 3.81. The first-order valence-corrected chi connectivity index (χ1v) is 11.5. The van der Waals surface area contributed by atoms with Crippen LogP contribution in [-0.2, 0) is 22.4 Å². The van der Waals surface area contributed by atoms with E-state index in [1.807, 2.05) is 18.2 Å². The van der Waals surface area contributed by atoms with Crippen LogP contribution < -0.4 is 15.4 Å². The van der Waals surface area contributed by atoms with Gasteiger partial charge in [-0.25, -0.2) is 9.78 Å². The summed E-state index contributed by atoms with van der Waals surface area (Å²) in [6.07, 6.45) is 0.691. The van der Waals surface area contributed by atoms with Crippen molar-refractivity contribution in [3.63, 3.8) is 0 Å². The molecule has 2 aromatic carbocycles. The highest BCUT2D eigenvalue weighted by molar-refractivity contribution is 6.39. The molecule has 0 unspecified atom stereocenters. The molecular weight excluding hydrogens is 493 g/mol. The van der Waals surface area contributed by atoms with E-state index in [0.717, 1.165) is 11.5 Å². The Morgan fingerprint density at radius 3 is 2.37 bits per heavy atom. The topological polar surface area (TPSA) is 110 Å². The average molecular weight is 518 g/mol. The van der Waals surface area contributed by atoms with Gasteiger partial charge in [0.15, 0.2) is 0 Å². The lowest BCUT2D eigenvalue weighted by molar-refractivity contribution is -0.139. The lowest BCUT2D eigenvalue weighted by Crippen LogP contribution is -2.42. The molecule has 0 aliphatic carbocycles. The zero-order valence-corrected chi connectivity index (χ0v) is 20.5. The van der Waals surface area contributed by atoms with Gasteiger partial charge in [0.25, 0.3) is 5.91 Å². The maximum atomic E-state index is 12.6. The van der Waals surface area contributed by atoms with Crippen LogP contribution in [0.4, 0.5) is 5.82 Å². The molecule has 3 aromatic rings. The number of methoxy groups -OCH3 is 1. The molecule has 0 fully saturated rings. The number of amides is 1. The van der Waals surface area contributed by atoms with E-state index in [1.54, 1.807) is 37.4 Å². The standard InChI is InChI=1S/C25H25Cl2N3O5/c1-34-15-28-22-7-2-4-17(29-22)12-13-35-18-10-8-16(9-11-18)14-21(25(32)33)30-24(31)23-19(26)5-3-6-20(23)27/h2-11,21H,12-15H2,1H3,(H,28,29)(H,30,31)(H,32,33)/t21-/m0/s1. The first-order valence-electron chi connectivity index (χ1n) is 10.8. The molecule has 0 saturated heterocycles. The van der Waals surface area contributed by atoms with Crippen molar-refractivity contribution >= 4 is 40.9 Å². The zero-order valence-electron chi connectivity index (χ0n) is 19.0. The Bertz CT molecular complexity index is 1140. The van der Waals surface area contributed by atoms with Gasteiger partial charge in [0.1, 0.15) is 24.3 Å². The van der Waals surface area contributed by atoms with Crippen molar-refractivity contribution in [2.45, 2.75) is 18.9 Å². The van der Waals surface area contributed by atoms with Crippen LogP contribution in [0.25, 0.3) is 0 Å². The summed E-state index contributed by atoms with van der Waals surface area (Å²) in [7, 11) is 1.60. The number of ether oxygens (including phenoxy) is 2. The lowest BCUT2D eigenvalue weighted by atomic mass is 10.1. The SMILES string of the molecule is COCNc1cccc(CCOc2ccc(C[C@H](NC(=O)c3c(Cl)cccc3Cl)C(=O)O)cc2)n1. The van der Waals surface area contributed by atoms with Crippen molar-refractivity contribution in [3.8, 4) is 5.75 Å². The third-order valence-corrected chi connectivity index (χ3v) is 5.62. The lowest BCUT2D eigenvalue weighted by Gasteiger charge is -2.16. The summed E-state index contributed by atoms with van der Waals surface area (Å²) in [5, 5.41) is 15.4. The number of nitrogens with zero attached hydrogens (tertiary/aromatic N) is 1. The Morgan fingerprint density at radius 1 is 1.03 bits per heavy atom. The number of rotatable bonds is 12. The fourth-order valence-electron chi connectivity index (χ4n) is 3.24. The van der Waals surface area contributed by atoms with Gasteiger partial charge in [-0.05, 0) is 42.0 Å². The van der Waals surface area contributed by atoms with Gasteiger partial charge in [0.05, 0.1) is 22.2 Å². The summed E-state index contributed by atoms with van der Waals surface area (Å²) < 4.78 is 10.8. The molecule has 35 heavy (non-hydrogen) atoms. The van der Waals surface area contributed by atoms with E-state index in [0.29, 0.717) is 31.1 Å². The maximum absolute atomic E-state index is 12.6. The predicted octanol–water partition coefficient (Wildman–Crippen LogP) is 4.45. The molecule has 10 heteroatoms. The Kier molecular flexibility index (Phi) is 9.72. The summed E-state index contributed by atoms with van der Waals surface area (Å²) in [6.45, 7) is 0.798. The first-order chi connectivity index (χ1) is 16.9. The Labute approximate surface area is 213 Å². The van der Waals surface area contributed by atoms with E-state index in [2.05, 4.69) is 15.6 Å². The number of carboxylic acids is 1. The van der Waals surface area contributed by atoms with E-state index in [-0.39, 0.29) is 22.0 Å². The summed E-state index contributed by atoms with van der Waals surface area (Å²) in [5.74, 6) is -0.452. The first kappa shape index (κ1) is 26.3. The minimum Gasteiger partial charge on any atom is -0.493 e. The van der Waals surface area contributed by atoms with E-state index in [4.69, 9.17) is 32.7 Å². The van der Waals surface area contributed by atoms with Crippen molar-refractivity contribution < 1.29 is 24.2 Å². The van der Waals surface area contributed by atoms with Crippen LogP contribution in [-0.4, -0.2) is 48.5 Å². The van der Waals surface area contributed by atoms with E-state index < -0.39 is 17.9 Å². The van der Waals surface area contributed by atoms with Gasteiger partial charge >= 0.3 is 5.97 Å². The van der Waals surface area contributed by atoms with Gasteiger partial charge in [-0.2, -0.15) is 0 Å². The van der Waals surface area contributed by atoms with Gasteiger partial charge in [-0.15, -0.1) is 0 Å². The highest BCUT2D eigenvalue weighted by atomic mass is 35.5. The molecule has 1 aromatic heterocycles. The summed E-state index contributed by atoms with van der Waals surface area (Å²) in [5.41, 5.74) is 1.63. The molecule has 1 amide bonds. The maximum Gasteiger partial charge on any atom is 0.326 e. The minimum atomic E-state index is -1.17. The molecule has 184 valence electrons. The Hall–Kier alpha value is -3.33. The predicted molar refractivity (Wildman–Crippen MR) is 134 cm³/mol. The number of hydrogen-bond donors (Lipinski definition) is 3. The van der Waals surface area contributed by atoms with Gasteiger partial charge in [-0.1, -0.05) is 47.5 Å². The van der Waals surface area contributed by atoms with Crippen molar-refractivity contribution in [2.75, 3.05) is 25.8 Å². The monoisotopic (exact) mass is 517 g/mol. The molecule has 1 atom stereocenters. The molecule has 0 radical (unpaired) electrons. The number of aliphatic carboxylic acids is 1. The van der Waals surface area contributed by atoms with Gasteiger partial charge in [0, 0.05) is 25.6 Å². The van der Waals surface area contributed by atoms with Crippen LogP contribution in [0.15, 0.2) is 60.7 Å². The van der Waals surface area contributed by atoms with Gasteiger partial charge < -0.3 is 25.2 Å². The number of aromatic nitrogens is 1. The fraction of sp³-hybridized carbons (Fsp3) is 0.240. The molecule has 3 rings (SSSR count). The number of carboxylic acid groups (broad SMARTS) is 1. The quantitative estimate of drug-likeness (QED) is 0.304. The molecule has 0 saturated carbocycles. The highest BCUT2D eigenvalue weighted by Crippen LogP contribution is 2.24. The molecular formula is C25H25Cl2N3O5. The molecule has 0 bridgehead atoms. The zero-order chi connectivity index (χ0) is 25.2. The minimum absolute atomic E-state index is 0.0420. The van der Waals surface area contributed by atoms with Crippen LogP contribution in [0.1, 0.15) is 21.6 Å². The van der Waals surface area contributed by atoms with Gasteiger partial charge in [0.2, 0.25) is 0 Å². The van der Waals surface area contributed by atoms with Crippen LogP contribution in [0.3, 0.4) is 0 Å². The number of carbonyl (C=O) groups excluding carboxylic acids is 1. The normalized spacial score (nSPS) is 11.5. The van der Waals surface area contributed by atoms with Gasteiger partial charge in [-0.3, -0.25) is 4.79 Å². The third-order valence-electron chi connectivity index (χ3n) is 4.99. The van der Waals surface area contributed by atoms with Crippen molar-refractivity contribution in [3.05, 3.63) is 87.5 Å². The number of carbonyl (C=O) groups is 2. The number of anilines is 1. The average Bonchev–Trinajstić information content (AvgIpc) is 2.83. The second-order valence-corrected chi connectivity index (χ2v) is 8.35. The second kappa shape index (κ2) is 12.9. The highest BCUT2D eigenvalue weighted by Gasteiger charge is 2.23. The molecule has 3 N–H and O–H groups in total. The van der Waals surface area contributed by atoms with E-state index >= 15 is 0 Å².